The van der Waals surface area contributed by atoms with Gasteiger partial charge in [0.05, 0.1) is 6.20 Å². The quantitative estimate of drug-likeness (QED) is 0.314. The minimum Gasteiger partial charge on any atom is -0.440 e. The van der Waals surface area contributed by atoms with Gasteiger partial charge in [0.1, 0.15) is 0 Å². The highest BCUT2D eigenvalue weighted by Gasteiger charge is 2.52. The number of rotatable bonds is 8. The SMILES string of the molecule is O=C(C1CC(F)(F)C1)N(CC12CCC(c3nc(C4CC4)no3)=C(C1)C2)c1cccc(-c2cnc(C3CC3)o2)c1. The molecule has 39 heavy (non-hydrogen) atoms. The number of oxazole rings is 1. The van der Waals surface area contributed by atoms with Crippen molar-refractivity contribution in [1.82, 2.24) is 15.1 Å². The summed E-state index contributed by atoms with van der Waals surface area (Å²) in [7, 11) is 0. The summed E-state index contributed by atoms with van der Waals surface area (Å²) in [6.07, 6.45) is 8.88. The Morgan fingerprint density at radius 1 is 1.10 bits per heavy atom. The summed E-state index contributed by atoms with van der Waals surface area (Å²) in [5.41, 5.74) is 3.97. The summed E-state index contributed by atoms with van der Waals surface area (Å²) in [6.45, 7) is 0.509. The van der Waals surface area contributed by atoms with E-state index >= 15 is 0 Å². The van der Waals surface area contributed by atoms with Crippen LogP contribution in [0.1, 0.15) is 93.6 Å². The lowest BCUT2D eigenvalue weighted by Crippen LogP contribution is -2.52. The molecule has 7 nitrogen and oxygen atoms in total. The van der Waals surface area contributed by atoms with Crippen molar-refractivity contribution >= 4 is 17.2 Å². The fourth-order valence-electron chi connectivity index (χ4n) is 6.58. The molecule has 6 aliphatic rings. The number of aromatic nitrogens is 3. The van der Waals surface area contributed by atoms with E-state index in [2.05, 4.69) is 15.1 Å². The Hall–Kier alpha value is -3.36. The normalized spacial score (nSPS) is 23.3. The molecular weight excluding hydrogens is 502 g/mol. The molecule has 9 heteroatoms. The first-order chi connectivity index (χ1) is 18.8. The Balaban J connectivity index is 1.06. The number of amides is 1. The predicted molar refractivity (Wildman–Crippen MR) is 138 cm³/mol. The topological polar surface area (TPSA) is 85.3 Å². The van der Waals surface area contributed by atoms with E-state index in [4.69, 9.17) is 8.94 Å². The monoisotopic (exact) mass is 532 g/mol. The molecule has 9 rings (SSSR count). The summed E-state index contributed by atoms with van der Waals surface area (Å²) >= 11 is 0. The first-order valence-electron chi connectivity index (χ1n) is 14.2. The van der Waals surface area contributed by atoms with E-state index in [9.17, 15) is 13.6 Å². The zero-order valence-corrected chi connectivity index (χ0v) is 21.7. The van der Waals surface area contributed by atoms with Gasteiger partial charge in [-0.2, -0.15) is 4.98 Å². The van der Waals surface area contributed by atoms with Crippen LogP contribution in [0.4, 0.5) is 14.5 Å². The summed E-state index contributed by atoms with van der Waals surface area (Å²) in [6, 6.07) is 7.67. The van der Waals surface area contributed by atoms with Crippen molar-refractivity contribution in [1.29, 1.82) is 0 Å². The number of benzene rings is 1. The Morgan fingerprint density at radius 3 is 2.59 bits per heavy atom. The highest BCUT2D eigenvalue weighted by Crippen LogP contribution is 2.58. The first-order valence-corrected chi connectivity index (χ1v) is 14.2. The molecule has 0 N–H and O–H groups in total. The Bertz CT molecular complexity index is 1480. The van der Waals surface area contributed by atoms with Crippen LogP contribution in [-0.4, -0.2) is 33.5 Å². The van der Waals surface area contributed by atoms with Crippen molar-refractivity contribution in [3.8, 4) is 11.3 Å². The molecule has 0 radical (unpaired) electrons. The molecule has 0 saturated heterocycles. The number of carbonyl (C=O) groups excluding carboxylic acids is 1. The van der Waals surface area contributed by atoms with Crippen LogP contribution in [0, 0.1) is 11.3 Å². The molecule has 4 fully saturated rings. The van der Waals surface area contributed by atoms with Gasteiger partial charge in [-0.15, -0.1) is 0 Å². The molecule has 202 valence electrons. The Labute approximate surface area is 224 Å². The van der Waals surface area contributed by atoms with E-state index in [1.165, 1.54) is 5.57 Å². The number of hydrogen-bond donors (Lipinski definition) is 0. The maximum atomic E-state index is 13.8. The van der Waals surface area contributed by atoms with Crippen molar-refractivity contribution in [2.75, 3.05) is 11.4 Å². The average molecular weight is 533 g/mol. The van der Waals surface area contributed by atoms with Crippen molar-refractivity contribution in [2.24, 2.45) is 11.3 Å². The molecule has 1 aromatic carbocycles. The maximum absolute atomic E-state index is 13.8. The third kappa shape index (κ3) is 4.21. The van der Waals surface area contributed by atoms with Crippen molar-refractivity contribution in [3.63, 3.8) is 0 Å². The van der Waals surface area contributed by atoms with Crippen LogP contribution in [0.2, 0.25) is 0 Å². The van der Waals surface area contributed by atoms with E-state index in [0.717, 1.165) is 79.9 Å². The summed E-state index contributed by atoms with van der Waals surface area (Å²) in [5.74, 6) is 0.137. The van der Waals surface area contributed by atoms with Crippen LogP contribution in [0.25, 0.3) is 16.9 Å². The van der Waals surface area contributed by atoms with Gasteiger partial charge in [-0.1, -0.05) is 22.9 Å². The third-order valence-corrected chi connectivity index (χ3v) is 9.24. The van der Waals surface area contributed by atoms with Gasteiger partial charge in [-0.3, -0.25) is 4.79 Å². The number of nitrogens with zero attached hydrogens (tertiary/aromatic N) is 4. The molecular formula is C30H30F2N4O3. The van der Waals surface area contributed by atoms with Crippen molar-refractivity contribution in [3.05, 3.63) is 53.6 Å². The second-order valence-corrected chi connectivity index (χ2v) is 12.4. The van der Waals surface area contributed by atoms with Gasteiger partial charge in [-0.05, 0) is 68.9 Å². The fourth-order valence-corrected chi connectivity index (χ4v) is 6.58. The van der Waals surface area contributed by atoms with E-state index in [1.54, 1.807) is 11.1 Å². The molecule has 0 unspecified atom stereocenters. The van der Waals surface area contributed by atoms with Gasteiger partial charge in [-0.25, -0.2) is 13.8 Å². The van der Waals surface area contributed by atoms with Gasteiger partial charge in [0.2, 0.25) is 11.8 Å². The highest BCUT2D eigenvalue weighted by atomic mass is 19.3. The molecule has 0 atom stereocenters. The summed E-state index contributed by atoms with van der Waals surface area (Å²) < 4.78 is 39.1. The van der Waals surface area contributed by atoms with E-state index in [1.807, 2.05) is 24.3 Å². The predicted octanol–water partition coefficient (Wildman–Crippen LogP) is 6.89. The number of allylic oxidation sites excluding steroid dienone is 2. The molecule has 2 heterocycles. The number of fused-ring (bicyclic) bond motifs is 2. The molecule has 2 aromatic heterocycles. The smallest absolute Gasteiger partial charge is 0.253 e. The number of hydrogen-bond acceptors (Lipinski definition) is 6. The van der Waals surface area contributed by atoms with E-state index in [0.29, 0.717) is 30.0 Å². The number of anilines is 1. The van der Waals surface area contributed by atoms with E-state index < -0.39 is 11.8 Å². The zero-order chi connectivity index (χ0) is 26.4. The third-order valence-electron chi connectivity index (χ3n) is 9.24. The molecule has 0 aliphatic heterocycles. The molecule has 6 aliphatic carbocycles. The lowest BCUT2D eigenvalue weighted by atomic mass is 9.57. The van der Waals surface area contributed by atoms with Crippen molar-refractivity contribution < 1.29 is 22.5 Å². The standard InChI is InChI=1S/C30H30F2N4O3/c31-30(32)13-21(14-30)28(37)36(22-3-1-2-19(10-22)24-15-33-26(38-24)18-6-7-18)16-29-9-8-23(20(11-29)12-29)27-34-25(35-39-27)17-4-5-17/h1-3,10,15,17-18,21H,4-9,11-14,16H2. The van der Waals surface area contributed by atoms with Gasteiger partial charge >= 0.3 is 0 Å². The van der Waals surface area contributed by atoms with Crippen LogP contribution >= 0.6 is 0 Å². The Kier molecular flexibility index (Phi) is 5.02. The maximum Gasteiger partial charge on any atom is 0.253 e. The average Bonchev–Trinajstić information content (AvgIpc) is 3.84. The van der Waals surface area contributed by atoms with Crippen LogP contribution in [0.3, 0.4) is 0 Å². The number of halogens is 2. The fraction of sp³-hybridized carbons (Fsp3) is 0.533. The van der Waals surface area contributed by atoms with Gasteiger partial charge in [0, 0.05) is 54.0 Å². The van der Waals surface area contributed by atoms with E-state index in [-0.39, 0.29) is 24.2 Å². The molecule has 3 aromatic rings. The summed E-state index contributed by atoms with van der Waals surface area (Å²) in [4.78, 5) is 24.5. The lowest BCUT2D eigenvalue weighted by Gasteiger charge is -2.51. The number of alkyl halides is 2. The molecule has 1 amide bonds. The second kappa shape index (κ2) is 8.32. The molecule has 0 spiro atoms. The van der Waals surface area contributed by atoms with Gasteiger partial charge < -0.3 is 13.8 Å². The zero-order valence-electron chi connectivity index (χ0n) is 21.7. The highest BCUT2D eigenvalue weighted by molar-refractivity contribution is 5.96. The minimum atomic E-state index is -2.75. The number of carbonyl (C=O) groups is 1. The van der Waals surface area contributed by atoms with Crippen LogP contribution in [0.5, 0.6) is 0 Å². The summed E-state index contributed by atoms with van der Waals surface area (Å²) in [5, 5.41) is 4.18. The van der Waals surface area contributed by atoms with Crippen LogP contribution in [-0.2, 0) is 4.79 Å². The second-order valence-electron chi connectivity index (χ2n) is 12.4. The van der Waals surface area contributed by atoms with Crippen molar-refractivity contribution in [2.45, 2.75) is 82.0 Å². The minimum absolute atomic E-state index is 0.0680. The Morgan fingerprint density at radius 2 is 1.90 bits per heavy atom. The van der Waals surface area contributed by atoms with Gasteiger partial charge in [0.15, 0.2) is 17.5 Å². The molecule has 4 saturated carbocycles. The van der Waals surface area contributed by atoms with Crippen LogP contribution < -0.4 is 4.90 Å². The van der Waals surface area contributed by atoms with Crippen LogP contribution in [0.15, 0.2) is 45.0 Å². The molecule has 2 bridgehead atoms. The van der Waals surface area contributed by atoms with Gasteiger partial charge in [0.25, 0.3) is 5.89 Å². The largest absolute Gasteiger partial charge is 0.440 e. The lowest BCUT2D eigenvalue weighted by molar-refractivity contribution is -0.148. The first kappa shape index (κ1) is 23.5.